The van der Waals surface area contributed by atoms with Gasteiger partial charge in [0.25, 0.3) is 0 Å². The van der Waals surface area contributed by atoms with E-state index in [1.807, 2.05) is 0 Å². The lowest BCUT2D eigenvalue weighted by Crippen LogP contribution is -2.02. The molecule has 1 N–H and O–H groups in total. The summed E-state index contributed by atoms with van der Waals surface area (Å²) >= 11 is 0. The van der Waals surface area contributed by atoms with Crippen LogP contribution in [-0.2, 0) is 16.3 Å². The largest absolute Gasteiger partial charge is 0.411 e. The van der Waals surface area contributed by atoms with E-state index >= 15 is 0 Å². The van der Waals surface area contributed by atoms with Gasteiger partial charge in [-0.25, -0.2) is 12.8 Å². The van der Waals surface area contributed by atoms with Crippen molar-refractivity contribution in [1.29, 1.82) is 0 Å². The van der Waals surface area contributed by atoms with Crippen LogP contribution in [0.3, 0.4) is 0 Å². The smallest absolute Gasteiger partial charge is 0.199 e. The van der Waals surface area contributed by atoms with E-state index in [1.54, 1.807) is 30.3 Å². The first-order chi connectivity index (χ1) is 10.5. The van der Waals surface area contributed by atoms with Gasteiger partial charge >= 0.3 is 0 Å². The molecule has 6 heteroatoms. The zero-order chi connectivity index (χ0) is 16.0. The van der Waals surface area contributed by atoms with Crippen LogP contribution in [0.4, 0.5) is 4.39 Å². The lowest BCUT2D eigenvalue weighted by Gasteiger charge is -2.01. The molecule has 2 aromatic rings. The molecule has 0 aliphatic rings. The minimum absolute atomic E-state index is 0.158. The first-order valence-corrected chi connectivity index (χ1v) is 7.99. The van der Waals surface area contributed by atoms with Gasteiger partial charge in [-0.1, -0.05) is 35.5 Å². The average Bonchev–Trinajstić information content (AvgIpc) is 2.54. The summed E-state index contributed by atoms with van der Waals surface area (Å²) in [6, 6.07) is 13.6. The number of hydrogen-bond acceptors (Lipinski definition) is 4. The molecular weight excluding hydrogens is 305 g/mol. The molecule has 0 spiro atoms. The molecule has 0 unspecified atom stereocenters. The Morgan fingerprint density at radius 1 is 1.09 bits per heavy atom. The molecule has 0 heterocycles. The number of benzene rings is 2. The molecule has 0 aromatic heterocycles. The molecule has 0 amide bonds. The average molecular weight is 319 g/mol. The summed E-state index contributed by atoms with van der Waals surface area (Å²) in [5, 5.41) is 13.0. The Kier molecular flexibility index (Phi) is 5.06. The van der Waals surface area contributed by atoms with Gasteiger partial charge in [-0.3, -0.25) is 0 Å². The lowest BCUT2D eigenvalue weighted by atomic mass is 10.1. The van der Waals surface area contributed by atoms with E-state index in [0.717, 1.165) is 5.41 Å². The highest BCUT2D eigenvalue weighted by atomic mass is 32.2. The van der Waals surface area contributed by atoms with E-state index in [2.05, 4.69) is 5.16 Å². The molecule has 4 nitrogen and oxygen atoms in total. The molecule has 2 rings (SSSR count). The van der Waals surface area contributed by atoms with E-state index in [4.69, 9.17) is 5.21 Å². The van der Waals surface area contributed by atoms with E-state index in [1.165, 1.54) is 30.3 Å². The van der Waals surface area contributed by atoms with Crippen LogP contribution >= 0.6 is 0 Å². The van der Waals surface area contributed by atoms with Crippen molar-refractivity contribution in [3.05, 3.63) is 77.5 Å². The van der Waals surface area contributed by atoms with Gasteiger partial charge < -0.3 is 5.21 Å². The molecule has 0 saturated carbocycles. The van der Waals surface area contributed by atoms with Gasteiger partial charge in [-0.15, -0.1) is 0 Å². The summed E-state index contributed by atoms with van der Waals surface area (Å²) in [6.07, 6.45) is 1.42. The molecule has 2 aromatic carbocycles. The first kappa shape index (κ1) is 15.9. The molecule has 0 bridgehead atoms. The third kappa shape index (κ3) is 4.26. The van der Waals surface area contributed by atoms with Crippen molar-refractivity contribution in [3.63, 3.8) is 0 Å². The number of halogens is 1. The van der Waals surface area contributed by atoms with E-state index in [9.17, 15) is 12.8 Å². The SMILES string of the molecule is O=S(=O)(/C=C/C(Cc1ccc(F)cc1)=N\O)c1ccccc1. The van der Waals surface area contributed by atoms with Gasteiger partial charge in [-0.2, -0.15) is 0 Å². The van der Waals surface area contributed by atoms with Gasteiger partial charge in [0.05, 0.1) is 10.6 Å². The fraction of sp³-hybridized carbons (Fsp3) is 0.0625. The van der Waals surface area contributed by atoms with E-state index in [0.29, 0.717) is 5.56 Å². The van der Waals surface area contributed by atoms with Gasteiger partial charge in [0.15, 0.2) is 9.84 Å². The van der Waals surface area contributed by atoms with Crippen LogP contribution in [0.25, 0.3) is 0 Å². The maximum atomic E-state index is 12.8. The van der Waals surface area contributed by atoms with Crippen molar-refractivity contribution < 1.29 is 18.0 Å². The molecule has 0 radical (unpaired) electrons. The van der Waals surface area contributed by atoms with Crippen LogP contribution in [0.15, 0.2) is 76.1 Å². The summed E-state index contributed by atoms with van der Waals surface area (Å²) in [6.45, 7) is 0. The summed E-state index contributed by atoms with van der Waals surface area (Å²) in [5.74, 6) is -0.367. The maximum Gasteiger partial charge on any atom is 0.199 e. The van der Waals surface area contributed by atoms with Crippen molar-refractivity contribution in [2.75, 3.05) is 0 Å². The van der Waals surface area contributed by atoms with Gasteiger partial charge in [0.2, 0.25) is 0 Å². The van der Waals surface area contributed by atoms with Gasteiger partial charge in [0, 0.05) is 11.8 Å². The summed E-state index contributed by atoms with van der Waals surface area (Å²) in [4.78, 5) is 0.158. The Hall–Kier alpha value is -2.47. The molecule has 114 valence electrons. The fourth-order valence-corrected chi connectivity index (χ4v) is 2.83. The van der Waals surface area contributed by atoms with Crippen molar-refractivity contribution >= 4 is 15.5 Å². The van der Waals surface area contributed by atoms with Crippen LogP contribution in [-0.4, -0.2) is 19.3 Å². The number of nitrogens with zero attached hydrogens (tertiary/aromatic N) is 1. The van der Waals surface area contributed by atoms with E-state index in [-0.39, 0.29) is 22.8 Å². The number of rotatable bonds is 5. The number of hydrogen-bond donors (Lipinski definition) is 1. The number of allylic oxidation sites excluding steroid dienone is 1. The lowest BCUT2D eigenvalue weighted by molar-refractivity contribution is 0.318. The second-order valence-electron chi connectivity index (χ2n) is 4.56. The summed E-state index contributed by atoms with van der Waals surface area (Å²) in [7, 11) is -3.60. The van der Waals surface area contributed by atoms with Crippen molar-refractivity contribution in [2.45, 2.75) is 11.3 Å². The van der Waals surface area contributed by atoms with Gasteiger partial charge in [0.1, 0.15) is 5.82 Å². The van der Waals surface area contributed by atoms with Crippen LogP contribution in [0, 0.1) is 5.82 Å². The molecule has 0 aliphatic carbocycles. The van der Waals surface area contributed by atoms with Crippen LogP contribution in [0.2, 0.25) is 0 Å². The van der Waals surface area contributed by atoms with Crippen molar-refractivity contribution in [2.24, 2.45) is 5.16 Å². The Labute approximate surface area is 128 Å². The standard InChI is InChI=1S/C16H14FNO3S/c17-14-8-6-13(7-9-14)12-15(18-19)10-11-22(20,21)16-4-2-1-3-5-16/h1-11,19H,12H2/b11-10+,18-15+. The molecule has 0 fully saturated rings. The summed E-state index contributed by atoms with van der Waals surface area (Å²) < 4.78 is 37.0. The first-order valence-electron chi connectivity index (χ1n) is 6.45. The highest BCUT2D eigenvalue weighted by molar-refractivity contribution is 7.94. The van der Waals surface area contributed by atoms with Gasteiger partial charge in [-0.05, 0) is 35.9 Å². The zero-order valence-electron chi connectivity index (χ0n) is 11.6. The third-order valence-corrected chi connectivity index (χ3v) is 4.36. The Morgan fingerprint density at radius 2 is 1.73 bits per heavy atom. The molecule has 22 heavy (non-hydrogen) atoms. The van der Waals surface area contributed by atoms with Crippen LogP contribution in [0.1, 0.15) is 5.56 Å². The number of oxime groups is 1. The quantitative estimate of drug-likeness (QED) is 0.523. The second kappa shape index (κ2) is 7.00. The highest BCUT2D eigenvalue weighted by Crippen LogP contribution is 2.12. The Morgan fingerprint density at radius 3 is 2.32 bits per heavy atom. The predicted molar refractivity (Wildman–Crippen MR) is 82.1 cm³/mol. The number of sulfone groups is 1. The van der Waals surface area contributed by atoms with Crippen molar-refractivity contribution in [1.82, 2.24) is 0 Å². The predicted octanol–water partition coefficient (Wildman–Crippen LogP) is 3.19. The minimum Gasteiger partial charge on any atom is -0.411 e. The van der Waals surface area contributed by atoms with Crippen LogP contribution in [0.5, 0.6) is 0 Å². The molecule has 0 saturated heterocycles. The highest BCUT2D eigenvalue weighted by Gasteiger charge is 2.10. The van der Waals surface area contributed by atoms with Crippen LogP contribution < -0.4 is 0 Å². The second-order valence-corrected chi connectivity index (χ2v) is 6.39. The molecule has 0 atom stereocenters. The fourth-order valence-electron chi connectivity index (χ4n) is 1.80. The summed E-state index contributed by atoms with van der Waals surface area (Å²) in [5.41, 5.74) is 0.863. The monoisotopic (exact) mass is 319 g/mol. The zero-order valence-corrected chi connectivity index (χ0v) is 12.4. The normalized spacial score (nSPS) is 12.7. The van der Waals surface area contributed by atoms with Crippen molar-refractivity contribution in [3.8, 4) is 0 Å². The topological polar surface area (TPSA) is 66.7 Å². The van der Waals surface area contributed by atoms with E-state index < -0.39 is 9.84 Å². The Balaban J connectivity index is 2.15. The maximum absolute atomic E-state index is 12.8. The molecular formula is C16H14FNO3S. The minimum atomic E-state index is -3.60. The Bertz CT molecular complexity index is 782. The molecule has 0 aliphatic heterocycles. The third-order valence-electron chi connectivity index (χ3n) is 2.94.